The summed E-state index contributed by atoms with van der Waals surface area (Å²) >= 11 is 12.2. The van der Waals surface area contributed by atoms with Crippen molar-refractivity contribution < 1.29 is 15.0 Å². The van der Waals surface area contributed by atoms with Crippen molar-refractivity contribution in [3.05, 3.63) is 69.2 Å². The fourth-order valence-corrected chi connectivity index (χ4v) is 3.47. The second-order valence-electron chi connectivity index (χ2n) is 6.29. The molecule has 3 N–H and O–H groups in total. The quantitative estimate of drug-likeness (QED) is 0.708. The van der Waals surface area contributed by atoms with Gasteiger partial charge in [-0.25, -0.2) is 4.79 Å². The van der Waals surface area contributed by atoms with E-state index in [-0.39, 0.29) is 0 Å². The summed E-state index contributed by atoms with van der Waals surface area (Å²) in [6.07, 6.45) is 1.03. The molecule has 140 valence electrons. The Bertz CT molecular complexity index is 764. The Morgan fingerprint density at radius 1 is 1.12 bits per heavy atom. The van der Waals surface area contributed by atoms with E-state index in [9.17, 15) is 4.79 Å². The third kappa shape index (κ3) is 4.98. The number of carboxylic acid groups (broad SMARTS) is 1. The van der Waals surface area contributed by atoms with Crippen LogP contribution in [-0.4, -0.2) is 29.3 Å². The van der Waals surface area contributed by atoms with Crippen LogP contribution in [0.2, 0.25) is 10.0 Å². The molecule has 0 saturated heterocycles. The van der Waals surface area contributed by atoms with Crippen LogP contribution < -0.4 is 5.32 Å². The molecule has 0 fully saturated rings. The molecule has 0 bridgehead atoms. The number of carbonyl (C=O) groups is 1. The highest BCUT2D eigenvalue weighted by Gasteiger charge is 2.27. The van der Waals surface area contributed by atoms with Crippen LogP contribution >= 0.6 is 23.2 Å². The van der Waals surface area contributed by atoms with Gasteiger partial charge in [0.2, 0.25) is 0 Å². The highest BCUT2D eigenvalue weighted by Crippen LogP contribution is 2.42. The SMILES string of the molecule is CC(O)C(=O)O.CN[C@H]1CC[C@@H](c2ccc(Cl)c(Cl)c2)c2ccccc21. The first-order valence-electron chi connectivity index (χ1n) is 8.47. The van der Waals surface area contributed by atoms with Gasteiger partial charge in [0.1, 0.15) is 6.10 Å². The molecule has 0 amide bonds. The van der Waals surface area contributed by atoms with Crippen LogP contribution in [0.3, 0.4) is 0 Å². The Morgan fingerprint density at radius 3 is 2.27 bits per heavy atom. The van der Waals surface area contributed by atoms with Gasteiger partial charge < -0.3 is 15.5 Å². The van der Waals surface area contributed by atoms with Crippen LogP contribution in [0.15, 0.2) is 42.5 Å². The highest BCUT2D eigenvalue weighted by atomic mass is 35.5. The van der Waals surface area contributed by atoms with Gasteiger partial charge in [0.15, 0.2) is 0 Å². The normalized spacial score (nSPS) is 19.7. The molecule has 6 heteroatoms. The van der Waals surface area contributed by atoms with E-state index in [2.05, 4.69) is 35.6 Å². The molecule has 0 aromatic heterocycles. The Hall–Kier alpha value is -1.59. The van der Waals surface area contributed by atoms with Crippen molar-refractivity contribution in [1.29, 1.82) is 0 Å². The average molecular weight is 396 g/mol. The van der Waals surface area contributed by atoms with Crippen LogP contribution in [0.1, 0.15) is 48.4 Å². The van der Waals surface area contributed by atoms with E-state index in [0.29, 0.717) is 22.0 Å². The number of halogens is 2. The molecule has 3 rings (SSSR count). The van der Waals surface area contributed by atoms with Crippen LogP contribution in [-0.2, 0) is 4.79 Å². The van der Waals surface area contributed by atoms with Crippen molar-refractivity contribution >= 4 is 29.2 Å². The number of carboxylic acids is 1. The van der Waals surface area contributed by atoms with Gasteiger partial charge in [-0.2, -0.15) is 0 Å². The summed E-state index contributed by atoms with van der Waals surface area (Å²) in [6, 6.07) is 15.1. The molecule has 26 heavy (non-hydrogen) atoms. The van der Waals surface area contributed by atoms with Crippen molar-refractivity contribution in [1.82, 2.24) is 5.32 Å². The Labute approximate surface area is 163 Å². The van der Waals surface area contributed by atoms with Crippen molar-refractivity contribution in [2.45, 2.75) is 37.8 Å². The van der Waals surface area contributed by atoms with E-state index in [4.69, 9.17) is 33.4 Å². The van der Waals surface area contributed by atoms with Crippen LogP contribution in [0.4, 0.5) is 0 Å². The first kappa shape index (κ1) is 20.7. The standard InChI is InChI=1S/C17H17Cl2N.C3H6O3/c1-20-17-9-7-12(13-4-2-3-5-14(13)17)11-6-8-15(18)16(19)10-11;1-2(4)3(5)6/h2-6,8,10,12,17,20H,7,9H2,1H3;2,4H,1H3,(H,5,6)/t12-,17-;/m0./s1. The molecule has 0 spiro atoms. The smallest absolute Gasteiger partial charge is 0.332 e. The molecule has 0 saturated carbocycles. The number of hydrogen-bond donors (Lipinski definition) is 3. The first-order chi connectivity index (χ1) is 12.3. The molecule has 1 aliphatic rings. The fraction of sp³-hybridized carbons (Fsp3) is 0.350. The molecular formula is C20H23Cl2NO3. The number of benzene rings is 2. The molecule has 4 nitrogen and oxygen atoms in total. The van der Waals surface area contributed by atoms with Crippen molar-refractivity contribution in [2.24, 2.45) is 0 Å². The number of aliphatic hydroxyl groups excluding tert-OH is 1. The van der Waals surface area contributed by atoms with Gasteiger partial charge in [-0.15, -0.1) is 0 Å². The van der Waals surface area contributed by atoms with E-state index in [1.807, 2.05) is 19.2 Å². The van der Waals surface area contributed by atoms with Crippen molar-refractivity contribution in [3.8, 4) is 0 Å². The maximum absolute atomic E-state index is 9.45. The van der Waals surface area contributed by atoms with Gasteiger partial charge in [0.05, 0.1) is 10.0 Å². The van der Waals surface area contributed by atoms with E-state index in [1.54, 1.807) is 0 Å². The first-order valence-corrected chi connectivity index (χ1v) is 9.22. The Kier molecular flexibility index (Phi) is 7.47. The molecule has 0 aliphatic heterocycles. The maximum atomic E-state index is 9.45. The third-order valence-corrected chi connectivity index (χ3v) is 5.28. The molecule has 2 aromatic carbocycles. The van der Waals surface area contributed by atoms with Crippen molar-refractivity contribution in [3.63, 3.8) is 0 Å². The second-order valence-corrected chi connectivity index (χ2v) is 7.10. The number of nitrogens with one attached hydrogen (secondary N) is 1. The summed E-state index contributed by atoms with van der Waals surface area (Å²) in [6.45, 7) is 1.20. The number of aliphatic hydroxyl groups is 1. The zero-order valence-corrected chi connectivity index (χ0v) is 16.3. The zero-order valence-electron chi connectivity index (χ0n) is 14.7. The third-order valence-electron chi connectivity index (χ3n) is 4.54. The lowest BCUT2D eigenvalue weighted by molar-refractivity contribution is -0.145. The number of fused-ring (bicyclic) bond motifs is 1. The Morgan fingerprint density at radius 2 is 1.73 bits per heavy atom. The predicted molar refractivity (Wildman–Crippen MR) is 105 cm³/mol. The van der Waals surface area contributed by atoms with Gasteiger partial charge >= 0.3 is 5.97 Å². The lowest BCUT2D eigenvalue weighted by Crippen LogP contribution is -2.24. The maximum Gasteiger partial charge on any atom is 0.332 e. The minimum Gasteiger partial charge on any atom is -0.479 e. The van der Waals surface area contributed by atoms with E-state index < -0.39 is 12.1 Å². The summed E-state index contributed by atoms with van der Waals surface area (Å²) in [5, 5.41) is 20.4. The van der Waals surface area contributed by atoms with Crippen LogP contribution in [0.5, 0.6) is 0 Å². The van der Waals surface area contributed by atoms with Gasteiger partial charge in [-0.05, 0) is 55.6 Å². The number of aliphatic carboxylic acids is 1. The largest absolute Gasteiger partial charge is 0.479 e. The topological polar surface area (TPSA) is 69.6 Å². The molecule has 2 aromatic rings. The fourth-order valence-electron chi connectivity index (χ4n) is 3.17. The molecule has 3 atom stereocenters. The van der Waals surface area contributed by atoms with Gasteiger partial charge in [0, 0.05) is 12.0 Å². The minimum atomic E-state index is -1.23. The predicted octanol–water partition coefficient (Wildman–Crippen LogP) is 4.63. The van der Waals surface area contributed by atoms with Gasteiger partial charge in [-0.3, -0.25) is 0 Å². The zero-order chi connectivity index (χ0) is 19.3. The molecule has 0 heterocycles. The molecular weight excluding hydrogens is 373 g/mol. The van der Waals surface area contributed by atoms with Crippen molar-refractivity contribution in [2.75, 3.05) is 7.05 Å². The summed E-state index contributed by atoms with van der Waals surface area (Å²) in [7, 11) is 2.03. The lowest BCUT2D eigenvalue weighted by Gasteiger charge is -2.32. The number of hydrogen-bond acceptors (Lipinski definition) is 3. The van der Waals surface area contributed by atoms with E-state index >= 15 is 0 Å². The molecule has 1 unspecified atom stereocenters. The van der Waals surface area contributed by atoms with Gasteiger partial charge in [0.25, 0.3) is 0 Å². The average Bonchev–Trinajstić information content (AvgIpc) is 2.63. The monoisotopic (exact) mass is 395 g/mol. The molecule has 1 aliphatic carbocycles. The summed E-state index contributed by atoms with van der Waals surface area (Å²) in [5.74, 6) is -0.777. The summed E-state index contributed by atoms with van der Waals surface area (Å²) in [4.78, 5) is 9.45. The van der Waals surface area contributed by atoms with Crippen LogP contribution in [0, 0.1) is 0 Å². The molecule has 0 radical (unpaired) electrons. The Balaban J connectivity index is 0.000000352. The second kappa shape index (κ2) is 9.38. The summed E-state index contributed by atoms with van der Waals surface area (Å²) in [5.41, 5.74) is 4.05. The highest BCUT2D eigenvalue weighted by molar-refractivity contribution is 6.42. The lowest BCUT2D eigenvalue weighted by atomic mass is 9.77. The van der Waals surface area contributed by atoms with E-state index in [0.717, 1.165) is 12.8 Å². The van der Waals surface area contributed by atoms with Crippen LogP contribution in [0.25, 0.3) is 0 Å². The number of rotatable bonds is 3. The minimum absolute atomic E-state index is 0.408. The summed E-state index contributed by atoms with van der Waals surface area (Å²) < 4.78 is 0. The van der Waals surface area contributed by atoms with Gasteiger partial charge in [-0.1, -0.05) is 53.5 Å². The van der Waals surface area contributed by atoms with E-state index in [1.165, 1.54) is 23.6 Å².